The van der Waals surface area contributed by atoms with E-state index in [1.807, 2.05) is 13.8 Å². The quantitative estimate of drug-likeness (QED) is 0.742. The number of rotatable bonds is 3. The van der Waals surface area contributed by atoms with Gasteiger partial charge in [0, 0.05) is 6.42 Å². The first-order chi connectivity index (χ1) is 8.16. The fourth-order valence-corrected chi connectivity index (χ4v) is 2.27. The number of anilines is 1. The third kappa shape index (κ3) is 3.06. The minimum Gasteiger partial charge on any atom is -0.323 e. The van der Waals surface area contributed by atoms with Gasteiger partial charge in [-0.1, -0.05) is 0 Å². The molecular weight excluding hydrogens is 216 g/mol. The van der Waals surface area contributed by atoms with Gasteiger partial charge in [-0.3, -0.25) is 9.89 Å². The van der Waals surface area contributed by atoms with E-state index in [1.165, 1.54) is 0 Å². The maximum absolute atomic E-state index is 11.9. The number of hydrogen-bond acceptors (Lipinski definition) is 3. The number of aromatic nitrogens is 2. The van der Waals surface area contributed by atoms with Crippen LogP contribution in [0.1, 0.15) is 30.7 Å². The monoisotopic (exact) mass is 236 g/mol. The molecule has 1 aliphatic rings. The number of nitrogens with one attached hydrogen (secondary N) is 3. The summed E-state index contributed by atoms with van der Waals surface area (Å²) in [6.45, 7) is 5.87. The zero-order valence-electron chi connectivity index (χ0n) is 10.5. The van der Waals surface area contributed by atoms with Crippen LogP contribution in [0.3, 0.4) is 0 Å². The molecule has 5 heteroatoms. The van der Waals surface area contributed by atoms with E-state index in [-0.39, 0.29) is 5.91 Å². The van der Waals surface area contributed by atoms with Crippen LogP contribution in [0, 0.1) is 19.8 Å². The van der Waals surface area contributed by atoms with Crippen molar-refractivity contribution in [1.29, 1.82) is 0 Å². The van der Waals surface area contributed by atoms with Gasteiger partial charge in [-0.05, 0) is 45.7 Å². The van der Waals surface area contributed by atoms with Crippen LogP contribution in [-0.2, 0) is 4.79 Å². The van der Waals surface area contributed by atoms with Crippen molar-refractivity contribution in [2.75, 3.05) is 18.4 Å². The number of amides is 1. The molecule has 1 aromatic rings. The van der Waals surface area contributed by atoms with Gasteiger partial charge in [0.25, 0.3) is 0 Å². The normalized spacial score (nSPS) is 17.1. The lowest BCUT2D eigenvalue weighted by molar-refractivity contribution is -0.117. The molecule has 1 aromatic heterocycles. The maximum Gasteiger partial charge on any atom is 0.224 e. The predicted molar refractivity (Wildman–Crippen MR) is 66.9 cm³/mol. The van der Waals surface area contributed by atoms with Crippen LogP contribution in [0.5, 0.6) is 0 Å². The zero-order valence-corrected chi connectivity index (χ0v) is 10.5. The van der Waals surface area contributed by atoms with Crippen molar-refractivity contribution in [2.24, 2.45) is 5.92 Å². The fourth-order valence-electron chi connectivity index (χ4n) is 2.27. The van der Waals surface area contributed by atoms with E-state index >= 15 is 0 Å². The summed E-state index contributed by atoms with van der Waals surface area (Å²) >= 11 is 0. The van der Waals surface area contributed by atoms with E-state index in [9.17, 15) is 4.79 Å². The van der Waals surface area contributed by atoms with Gasteiger partial charge in [-0.25, -0.2) is 0 Å². The molecule has 0 atom stereocenters. The Morgan fingerprint density at radius 2 is 2.12 bits per heavy atom. The molecule has 17 heavy (non-hydrogen) atoms. The molecule has 1 amide bonds. The molecule has 0 aliphatic carbocycles. The molecule has 0 saturated carbocycles. The first kappa shape index (κ1) is 12.1. The van der Waals surface area contributed by atoms with Gasteiger partial charge in [-0.2, -0.15) is 5.10 Å². The van der Waals surface area contributed by atoms with Crippen LogP contribution in [0.2, 0.25) is 0 Å². The number of nitrogens with zero attached hydrogens (tertiary/aromatic N) is 1. The Hall–Kier alpha value is -1.36. The molecule has 2 heterocycles. The van der Waals surface area contributed by atoms with Crippen LogP contribution in [0.15, 0.2) is 0 Å². The SMILES string of the molecule is Cc1n[nH]c(C)c1NC(=O)CC1CCNCC1. The molecule has 1 fully saturated rings. The second-order valence-electron chi connectivity index (χ2n) is 4.75. The molecule has 5 nitrogen and oxygen atoms in total. The molecule has 1 saturated heterocycles. The van der Waals surface area contributed by atoms with Gasteiger partial charge in [-0.15, -0.1) is 0 Å². The van der Waals surface area contributed by atoms with Crippen LogP contribution in [-0.4, -0.2) is 29.2 Å². The molecule has 0 aromatic carbocycles. The number of carbonyl (C=O) groups excluding carboxylic acids is 1. The molecule has 0 unspecified atom stereocenters. The van der Waals surface area contributed by atoms with Crippen molar-refractivity contribution < 1.29 is 4.79 Å². The van der Waals surface area contributed by atoms with Crippen molar-refractivity contribution in [1.82, 2.24) is 15.5 Å². The van der Waals surface area contributed by atoms with Crippen LogP contribution >= 0.6 is 0 Å². The number of hydrogen-bond donors (Lipinski definition) is 3. The summed E-state index contributed by atoms with van der Waals surface area (Å²) in [6, 6.07) is 0. The van der Waals surface area contributed by atoms with Crippen LogP contribution < -0.4 is 10.6 Å². The Morgan fingerprint density at radius 1 is 1.41 bits per heavy atom. The molecular formula is C12H20N4O. The minimum absolute atomic E-state index is 0.101. The molecule has 0 bridgehead atoms. The minimum atomic E-state index is 0.101. The summed E-state index contributed by atoms with van der Waals surface area (Å²) in [5, 5.41) is 13.2. The van der Waals surface area contributed by atoms with Crippen LogP contribution in [0.25, 0.3) is 0 Å². The lowest BCUT2D eigenvalue weighted by atomic mass is 9.94. The lowest BCUT2D eigenvalue weighted by Crippen LogP contribution is -2.30. The van der Waals surface area contributed by atoms with Crippen molar-refractivity contribution in [3.63, 3.8) is 0 Å². The highest BCUT2D eigenvalue weighted by Gasteiger charge is 2.18. The summed E-state index contributed by atoms with van der Waals surface area (Å²) in [6.07, 6.45) is 2.80. The lowest BCUT2D eigenvalue weighted by Gasteiger charge is -2.21. The van der Waals surface area contributed by atoms with Gasteiger partial charge in [0.1, 0.15) is 0 Å². The molecule has 0 spiro atoms. The highest BCUT2D eigenvalue weighted by molar-refractivity contribution is 5.91. The van der Waals surface area contributed by atoms with Crippen molar-refractivity contribution in [2.45, 2.75) is 33.1 Å². The summed E-state index contributed by atoms with van der Waals surface area (Å²) < 4.78 is 0. The van der Waals surface area contributed by atoms with E-state index in [0.29, 0.717) is 12.3 Å². The highest BCUT2D eigenvalue weighted by atomic mass is 16.1. The number of aromatic amines is 1. The van der Waals surface area contributed by atoms with E-state index in [4.69, 9.17) is 0 Å². The first-order valence-electron chi connectivity index (χ1n) is 6.19. The average Bonchev–Trinajstić information content (AvgIpc) is 2.62. The number of H-pyrrole nitrogens is 1. The third-order valence-corrected chi connectivity index (χ3v) is 3.33. The fraction of sp³-hybridized carbons (Fsp3) is 0.667. The Bertz CT molecular complexity index is 374. The Kier molecular flexibility index (Phi) is 3.78. The molecule has 1 aliphatic heterocycles. The first-order valence-corrected chi connectivity index (χ1v) is 6.19. The second kappa shape index (κ2) is 5.31. The molecule has 0 radical (unpaired) electrons. The Labute approximate surface area is 101 Å². The van der Waals surface area contributed by atoms with Gasteiger partial charge in [0.05, 0.1) is 17.1 Å². The predicted octanol–water partition coefficient (Wildman–Crippen LogP) is 1.35. The maximum atomic E-state index is 11.9. The topological polar surface area (TPSA) is 69.8 Å². The summed E-state index contributed by atoms with van der Waals surface area (Å²) in [7, 11) is 0. The molecule has 2 rings (SSSR count). The number of aryl methyl sites for hydroxylation is 2. The zero-order chi connectivity index (χ0) is 12.3. The van der Waals surface area contributed by atoms with E-state index < -0.39 is 0 Å². The van der Waals surface area contributed by atoms with Gasteiger partial charge >= 0.3 is 0 Å². The average molecular weight is 236 g/mol. The highest BCUT2D eigenvalue weighted by Crippen LogP contribution is 2.19. The van der Waals surface area contributed by atoms with Gasteiger partial charge in [0.2, 0.25) is 5.91 Å². The standard InChI is InChI=1S/C12H20N4O/c1-8-12(9(2)16-15-8)14-11(17)7-10-3-5-13-6-4-10/h10,13H,3-7H2,1-2H3,(H,14,17)(H,15,16). The Morgan fingerprint density at radius 3 is 2.71 bits per heavy atom. The van der Waals surface area contributed by atoms with Crippen molar-refractivity contribution in [3.05, 3.63) is 11.4 Å². The van der Waals surface area contributed by atoms with E-state index in [0.717, 1.165) is 43.0 Å². The van der Waals surface area contributed by atoms with E-state index in [1.54, 1.807) is 0 Å². The Balaban J connectivity index is 1.88. The summed E-state index contributed by atoms with van der Waals surface area (Å²) in [5.74, 6) is 0.619. The number of piperidine rings is 1. The van der Waals surface area contributed by atoms with Crippen molar-refractivity contribution >= 4 is 11.6 Å². The molecule has 94 valence electrons. The summed E-state index contributed by atoms with van der Waals surface area (Å²) in [4.78, 5) is 11.9. The third-order valence-electron chi connectivity index (χ3n) is 3.33. The largest absolute Gasteiger partial charge is 0.323 e. The van der Waals surface area contributed by atoms with Gasteiger partial charge in [0.15, 0.2) is 0 Å². The number of carbonyl (C=O) groups is 1. The van der Waals surface area contributed by atoms with Gasteiger partial charge < -0.3 is 10.6 Å². The van der Waals surface area contributed by atoms with E-state index in [2.05, 4.69) is 20.8 Å². The van der Waals surface area contributed by atoms with Crippen molar-refractivity contribution in [3.8, 4) is 0 Å². The summed E-state index contributed by atoms with van der Waals surface area (Å²) in [5.41, 5.74) is 2.60. The van der Waals surface area contributed by atoms with Crippen LogP contribution in [0.4, 0.5) is 5.69 Å². The molecule has 3 N–H and O–H groups in total. The smallest absolute Gasteiger partial charge is 0.224 e. The second-order valence-corrected chi connectivity index (χ2v) is 4.75.